The normalized spacial score (nSPS) is 10.7. The number of hydrogen-bond acceptors (Lipinski definition) is 6. The molecular weight excluding hydrogens is 250 g/mol. The highest BCUT2D eigenvalue weighted by atomic mass is 32.1. The zero-order valence-corrected chi connectivity index (χ0v) is 11.6. The molecule has 18 heavy (non-hydrogen) atoms. The van der Waals surface area contributed by atoms with E-state index in [0.717, 1.165) is 21.6 Å². The minimum absolute atomic E-state index is 0.294. The van der Waals surface area contributed by atoms with Gasteiger partial charge in [-0.2, -0.15) is 0 Å². The van der Waals surface area contributed by atoms with Crippen LogP contribution in [0.25, 0.3) is 10.2 Å². The summed E-state index contributed by atoms with van der Waals surface area (Å²) >= 11 is 1.35. The summed E-state index contributed by atoms with van der Waals surface area (Å²) in [5, 5.41) is 3.94. The average molecular weight is 265 g/mol. The number of nitrogens with one attached hydrogen (secondary N) is 1. The zero-order chi connectivity index (χ0) is 13.3. The number of thiophene rings is 1. The minimum atomic E-state index is -0.294. The number of carbonyl (C=O) groups is 1. The van der Waals surface area contributed by atoms with Gasteiger partial charge in [0.25, 0.3) is 0 Å². The van der Waals surface area contributed by atoms with E-state index in [9.17, 15) is 4.79 Å². The second-order valence-corrected chi connectivity index (χ2v) is 4.83. The summed E-state index contributed by atoms with van der Waals surface area (Å²) in [7, 11) is 1.81. The van der Waals surface area contributed by atoms with Crippen molar-refractivity contribution in [3.8, 4) is 0 Å². The summed E-state index contributed by atoms with van der Waals surface area (Å²) in [6, 6.07) is 0. The third kappa shape index (κ3) is 2.03. The van der Waals surface area contributed by atoms with Crippen molar-refractivity contribution in [3.63, 3.8) is 0 Å². The maximum absolute atomic E-state index is 11.8. The van der Waals surface area contributed by atoms with Gasteiger partial charge in [-0.3, -0.25) is 0 Å². The van der Waals surface area contributed by atoms with Gasteiger partial charge in [-0.05, 0) is 26.3 Å². The Morgan fingerprint density at radius 3 is 2.72 bits per heavy atom. The summed E-state index contributed by atoms with van der Waals surface area (Å²) in [5.41, 5.74) is 0.873. The fourth-order valence-electron chi connectivity index (χ4n) is 1.82. The summed E-state index contributed by atoms with van der Waals surface area (Å²) < 4.78 is 5.04. The lowest BCUT2D eigenvalue weighted by Gasteiger charge is -2.03. The van der Waals surface area contributed by atoms with Gasteiger partial charge in [0.2, 0.25) is 0 Å². The number of anilines is 1. The number of esters is 1. The van der Waals surface area contributed by atoms with Gasteiger partial charge < -0.3 is 10.1 Å². The lowest BCUT2D eigenvalue weighted by atomic mass is 10.2. The van der Waals surface area contributed by atoms with Crippen molar-refractivity contribution in [2.45, 2.75) is 20.8 Å². The largest absolute Gasteiger partial charge is 0.462 e. The van der Waals surface area contributed by atoms with Gasteiger partial charge >= 0.3 is 5.97 Å². The fourth-order valence-corrected chi connectivity index (χ4v) is 2.94. The molecule has 2 aromatic heterocycles. The zero-order valence-electron chi connectivity index (χ0n) is 10.8. The van der Waals surface area contributed by atoms with Crippen molar-refractivity contribution in [3.05, 3.63) is 16.3 Å². The molecule has 96 valence electrons. The van der Waals surface area contributed by atoms with Crippen LogP contribution in [0, 0.1) is 13.8 Å². The van der Waals surface area contributed by atoms with Crippen LogP contribution in [0.15, 0.2) is 0 Å². The first kappa shape index (κ1) is 12.8. The molecule has 6 heteroatoms. The Kier molecular flexibility index (Phi) is 3.47. The first-order valence-corrected chi connectivity index (χ1v) is 6.52. The highest BCUT2D eigenvalue weighted by Gasteiger charge is 2.20. The van der Waals surface area contributed by atoms with Crippen molar-refractivity contribution >= 4 is 33.3 Å². The summed E-state index contributed by atoms with van der Waals surface area (Å²) in [5.74, 6) is 1.14. The predicted molar refractivity (Wildman–Crippen MR) is 72.4 cm³/mol. The number of rotatable bonds is 3. The van der Waals surface area contributed by atoms with Crippen LogP contribution in [-0.2, 0) is 4.74 Å². The number of carbonyl (C=O) groups excluding carboxylic acids is 1. The van der Waals surface area contributed by atoms with Gasteiger partial charge in [0.1, 0.15) is 21.3 Å². The van der Waals surface area contributed by atoms with E-state index < -0.39 is 0 Å². The van der Waals surface area contributed by atoms with E-state index in [2.05, 4.69) is 15.3 Å². The Hall–Kier alpha value is -1.69. The highest BCUT2D eigenvalue weighted by Crippen LogP contribution is 2.33. The monoisotopic (exact) mass is 265 g/mol. The Labute approximate surface area is 109 Å². The molecule has 2 rings (SSSR count). The SMILES string of the molecule is CCOC(=O)c1sc2nc(C)nc(NC)c2c1C. The summed E-state index contributed by atoms with van der Waals surface area (Å²) in [4.78, 5) is 22.0. The van der Waals surface area contributed by atoms with E-state index in [-0.39, 0.29) is 5.97 Å². The van der Waals surface area contributed by atoms with Crippen LogP contribution in [-0.4, -0.2) is 29.6 Å². The van der Waals surface area contributed by atoms with Gasteiger partial charge in [0.15, 0.2) is 0 Å². The average Bonchev–Trinajstić information content (AvgIpc) is 2.66. The van der Waals surface area contributed by atoms with E-state index >= 15 is 0 Å². The van der Waals surface area contributed by atoms with Crippen LogP contribution in [0.3, 0.4) is 0 Å². The molecule has 1 N–H and O–H groups in total. The van der Waals surface area contributed by atoms with E-state index in [4.69, 9.17) is 4.74 Å². The second-order valence-electron chi connectivity index (χ2n) is 3.83. The summed E-state index contributed by atoms with van der Waals surface area (Å²) in [6.07, 6.45) is 0. The number of nitrogens with zero attached hydrogens (tertiary/aromatic N) is 2. The van der Waals surface area contributed by atoms with Gasteiger partial charge in [-0.1, -0.05) is 0 Å². The first-order valence-electron chi connectivity index (χ1n) is 5.71. The van der Waals surface area contributed by atoms with Gasteiger partial charge in [0.05, 0.1) is 12.0 Å². The minimum Gasteiger partial charge on any atom is -0.462 e. The van der Waals surface area contributed by atoms with Crippen molar-refractivity contribution in [2.75, 3.05) is 19.0 Å². The number of aryl methyl sites for hydroxylation is 2. The van der Waals surface area contributed by atoms with Gasteiger partial charge in [0, 0.05) is 7.05 Å². The molecule has 0 amide bonds. The molecule has 0 radical (unpaired) electrons. The second kappa shape index (κ2) is 4.89. The first-order chi connectivity index (χ1) is 8.58. The number of hydrogen-bond donors (Lipinski definition) is 1. The molecule has 0 saturated heterocycles. The third-order valence-corrected chi connectivity index (χ3v) is 3.77. The Morgan fingerprint density at radius 2 is 2.11 bits per heavy atom. The molecule has 0 aliphatic rings. The van der Waals surface area contributed by atoms with Crippen molar-refractivity contribution in [1.29, 1.82) is 0 Å². The lowest BCUT2D eigenvalue weighted by molar-refractivity contribution is 0.0531. The lowest BCUT2D eigenvalue weighted by Crippen LogP contribution is -2.03. The van der Waals surface area contributed by atoms with Crippen LogP contribution in [0.1, 0.15) is 28.0 Å². The van der Waals surface area contributed by atoms with E-state index in [1.807, 2.05) is 20.9 Å². The standard InChI is InChI=1S/C12H15N3O2S/c1-5-17-12(16)9-6(2)8-10(13-4)14-7(3)15-11(8)18-9/h5H2,1-4H3,(H,13,14,15). The molecule has 0 aliphatic heterocycles. The van der Waals surface area contributed by atoms with Crippen LogP contribution >= 0.6 is 11.3 Å². The topological polar surface area (TPSA) is 64.1 Å². The molecule has 0 atom stereocenters. The maximum atomic E-state index is 11.8. The van der Waals surface area contributed by atoms with Gasteiger partial charge in [-0.25, -0.2) is 14.8 Å². The highest BCUT2D eigenvalue weighted by molar-refractivity contribution is 7.20. The fraction of sp³-hybridized carbons (Fsp3) is 0.417. The number of fused-ring (bicyclic) bond motifs is 1. The van der Waals surface area contributed by atoms with E-state index in [1.165, 1.54) is 11.3 Å². The molecule has 0 aliphatic carbocycles. The van der Waals surface area contributed by atoms with Crippen molar-refractivity contribution in [1.82, 2.24) is 9.97 Å². The van der Waals surface area contributed by atoms with Crippen molar-refractivity contribution in [2.24, 2.45) is 0 Å². The quantitative estimate of drug-likeness (QED) is 0.864. The molecule has 0 bridgehead atoms. The molecular formula is C12H15N3O2S. The third-order valence-electron chi connectivity index (χ3n) is 2.60. The van der Waals surface area contributed by atoms with Crippen molar-refractivity contribution < 1.29 is 9.53 Å². The number of ether oxygens (including phenoxy) is 1. The molecule has 0 aromatic carbocycles. The van der Waals surface area contributed by atoms with Crippen LogP contribution in [0.2, 0.25) is 0 Å². The number of aromatic nitrogens is 2. The molecule has 0 spiro atoms. The van der Waals surface area contributed by atoms with E-state index in [0.29, 0.717) is 17.3 Å². The summed E-state index contributed by atoms with van der Waals surface area (Å²) in [6.45, 7) is 5.89. The molecule has 0 saturated carbocycles. The van der Waals surface area contributed by atoms with Crippen LogP contribution in [0.4, 0.5) is 5.82 Å². The Balaban J connectivity index is 2.66. The van der Waals surface area contributed by atoms with Gasteiger partial charge in [-0.15, -0.1) is 11.3 Å². The molecule has 0 unspecified atom stereocenters. The van der Waals surface area contributed by atoms with Crippen LogP contribution < -0.4 is 5.32 Å². The molecule has 5 nitrogen and oxygen atoms in total. The molecule has 2 aromatic rings. The Morgan fingerprint density at radius 1 is 1.39 bits per heavy atom. The Bertz CT molecular complexity index is 607. The maximum Gasteiger partial charge on any atom is 0.348 e. The molecule has 2 heterocycles. The smallest absolute Gasteiger partial charge is 0.348 e. The van der Waals surface area contributed by atoms with E-state index in [1.54, 1.807) is 6.92 Å². The predicted octanol–water partition coefficient (Wildman–Crippen LogP) is 2.53. The van der Waals surface area contributed by atoms with Crippen LogP contribution in [0.5, 0.6) is 0 Å². The molecule has 0 fully saturated rings.